The van der Waals surface area contributed by atoms with Crippen LogP contribution >= 0.6 is 0 Å². The molecule has 29 heavy (non-hydrogen) atoms. The van der Waals surface area contributed by atoms with Gasteiger partial charge in [0.05, 0.1) is 23.0 Å². The number of nitrogen functional groups attached to an aromatic ring is 1. The molecule has 0 aliphatic heterocycles. The number of anilines is 1. The van der Waals surface area contributed by atoms with E-state index in [0.717, 1.165) is 66.5 Å². The van der Waals surface area contributed by atoms with Crippen LogP contribution in [0.1, 0.15) is 51.2 Å². The molecule has 2 aromatic carbocycles. The maximum absolute atomic E-state index is 11.2. The quantitative estimate of drug-likeness (QED) is 0.453. The van der Waals surface area contributed by atoms with Gasteiger partial charge >= 0.3 is 0 Å². The van der Waals surface area contributed by atoms with Gasteiger partial charge in [0.1, 0.15) is 0 Å². The summed E-state index contributed by atoms with van der Waals surface area (Å²) in [7, 11) is 0. The van der Waals surface area contributed by atoms with Crippen molar-refractivity contribution in [1.29, 1.82) is 0 Å². The number of aliphatic hydroxyl groups excluding tert-OH is 1. The molecule has 0 radical (unpaired) electrons. The minimum absolute atomic E-state index is 0.585. The fourth-order valence-electron chi connectivity index (χ4n) is 3.73. The van der Waals surface area contributed by atoms with E-state index in [1.807, 2.05) is 54.6 Å². The first-order valence-electron chi connectivity index (χ1n) is 10.8. The van der Waals surface area contributed by atoms with E-state index in [1.165, 1.54) is 0 Å². The van der Waals surface area contributed by atoms with Crippen molar-refractivity contribution in [1.82, 2.24) is 9.88 Å². The number of unbranched alkanes of at least 4 members (excludes halogenated alkanes) is 2. The summed E-state index contributed by atoms with van der Waals surface area (Å²) in [5.41, 5.74) is 10.4. The van der Waals surface area contributed by atoms with Crippen molar-refractivity contribution in [2.75, 3.05) is 25.4 Å². The maximum Gasteiger partial charge on any atom is 0.0942 e. The smallest absolute Gasteiger partial charge is 0.0942 e. The topological polar surface area (TPSA) is 62.4 Å². The predicted octanol–water partition coefficient (Wildman–Crippen LogP) is 5.42. The molecule has 3 rings (SSSR count). The van der Waals surface area contributed by atoms with Crippen LogP contribution in [0, 0.1) is 0 Å². The number of aromatic nitrogens is 1. The van der Waals surface area contributed by atoms with Crippen LogP contribution < -0.4 is 5.73 Å². The lowest BCUT2D eigenvalue weighted by molar-refractivity contribution is 0.112. The van der Waals surface area contributed by atoms with Crippen LogP contribution in [0.25, 0.3) is 22.2 Å². The first-order valence-corrected chi connectivity index (χ1v) is 10.8. The summed E-state index contributed by atoms with van der Waals surface area (Å²) in [4.78, 5) is 7.20. The zero-order valence-electron chi connectivity index (χ0n) is 17.6. The lowest BCUT2D eigenvalue weighted by atomic mass is 9.99. The standard InChI is InChI=1S/C25H33N3O/c1-3-5-15-28(16-6-4-2)18-24(29)21-17-23(19-11-8-7-9-12-19)27-25-20(21)13-10-14-22(25)26/h7-14,17,24,29H,3-6,15-16,18,26H2,1-2H3/t24-/m1/s1. The normalized spacial score (nSPS) is 12.6. The molecule has 0 fully saturated rings. The number of fused-ring (bicyclic) bond motifs is 1. The Balaban J connectivity index is 1.98. The number of benzene rings is 2. The number of nitrogens with two attached hydrogens (primary N) is 1. The average Bonchev–Trinajstić information content (AvgIpc) is 2.75. The molecule has 0 saturated carbocycles. The number of rotatable bonds is 10. The van der Waals surface area contributed by atoms with E-state index in [1.54, 1.807) is 0 Å². The van der Waals surface area contributed by atoms with Gasteiger partial charge in [-0.05, 0) is 43.6 Å². The number of nitrogens with zero attached hydrogens (tertiary/aromatic N) is 2. The van der Waals surface area contributed by atoms with Crippen LogP contribution in [-0.2, 0) is 0 Å². The summed E-state index contributed by atoms with van der Waals surface area (Å²) in [5.74, 6) is 0. The van der Waals surface area contributed by atoms with Crippen LogP contribution in [0.4, 0.5) is 5.69 Å². The van der Waals surface area contributed by atoms with Gasteiger partial charge in [-0.2, -0.15) is 0 Å². The van der Waals surface area contributed by atoms with Gasteiger partial charge in [0.15, 0.2) is 0 Å². The summed E-state index contributed by atoms with van der Waals surface area (Å²) in [6, 6.07) is 17.9. The lowest BCUT2D eigenvalue weighted by Gasteiger charge is -2.26. The van der Waals surface area contributed by atoms with Gasteiger partial charge in [0.25, 0.3) is 0 Å². The maximum atomic E-state index is 11.2. The third kappa shape index (κ3) is 5.34. The van der Waals surface area contributed by atoms with Gasteiger partial charge < -0.3 is 15.7 Å². The van der Waals surface area contributed by atoms with Crippen LogP contribution in [-0.4, -0.2) is 34.6 Å². The molecule has 154 valence electrons. The first-order chi connectivity index (χ1) is 14.1. The van der Waals surface area contributed by atoms with Gasteiger partial charge in [0, 0.05) is 17.5 Å². The predicted molar refractivity (Wildman–Crippen MR) is 123 cm³/mol. The van der Waals surface area contributed by atoms with E-state index in [2.05, 4.69) is 18.7 Å². The number of aliphatic hydroxyl groups is 1. The molecule has 1 atom stereocenters. The van der Waals surface area contributed by atoms with Crippen molar-refractivity contribution in [3.8, 4) is 11.3 Å². The molecule has 3 aromatic rings. The second kappa shape index (κ2) is 10.4. The Kier molecular flexibility index (Phi) is 7.62. The third-order valence-corrected chi connectivity index (χ3v) is 5.42. The number of hydrogen-bond donors (Lipinski definition) is 2. The minimum atomic E-state index is -0.585. The molecule has 0 bridgehead atoms. The van der Waals surface area contributed by atoms with Gasteiger partial charge in [-0.15, -0.1) is 0 Å². The number of pyridine rings is 1. The SMILES string of the molecule is CCCCN(CCCC)C[C@@H](O)c1cc(-c2ccccc2)nc2c(N)cccc12. The molecule has 0 spiro atoms. The highest BCUT2D eigenvalue weighted by Gasteiger charge is 2.18. The molecule has 0 saturated heterocycles. The summed E-state index contributed by atoms with van der Waals surface area (Å²) < 4.78 is 0. The monoisotopic (exact) mass is 391 g/mol. The molecule has 1 aromatic heterocycles. The largest absolute Gasteiger partial charge is 0.397 e. The Morgan fingerprint density at radius 3 is 2.31 bits per heavy atom. The van der Waals surface area contributed by atoms with Crippen molar-refractivity contribution >= 4 is 16.6 Å². The highest BCUT2D eigenvalue weighted by atomic mass is 16.3. The fourth-order valence-corrected chi connectivity index (χ4v) is 3.73. The van der Waals surface area contributed by atoms with Crippen molar-refractivity contribution in [3.63, 3.8) is 0 Å². The van der Waals surface area contributed by atoms with E-state index in [0.29, 0.717) is 12.2 Å². The molecule has 0 amide bonds. The van der Waals surface area contributed by atoms with Crippen LogP contribution in [0.15, 0.2) is 54.6 Å². The van der Waals surface area contributed by atoms with Crippen LogP contribution in [0.2, 0.25) is 0 Å². The van der Waals surface area contributed by atoms with Crippen LogP contribution in [0.5, 0.6) is 0 Å². The fraction of sp³-hybridized carbons (Fsp3) is 0.400. The molecule has 0 unspecified atom stereocenters. The van der Waals surface area contributed by atoms with E-state index in [9.17, 15) is 5.11 Å². The Hall–Kier alpha value is -2.43. The molecule has 1 heterocycles. The van der Waals surface area contributed by atoms with E-state index in [-0.39, 0.29) is 0 Å². The average molecular weight is 392 g/mol. The summed E-state index contributed by atoms with van der Waals surface area (Å²) in [6.45, 7) is 7.08. The van der Waals surface area contributed by atoms with E-state index < -0.39 is 6.10 Å². The summed E-state index contributed by atoms with van der Waals surface area (Å²) >= 11 is 0. The number of para-hydroxylation sites is 1. The van der Waals surface area contributed by atoms with Crippen molar-refractivity contribution in [3.05, 3.63) is 60.2 Å². The Labute approximate surface area is 174 Å². The Morgan fingerprint density at radius 2 is 1.66 bits per heavy atom. The van der Waals surface area contributed by atoms with Crippen LogP contribution in [0.3, 0.4) is 0 Å². The molecule has 4 nitrogen and oxygen atoms in total. The zero-order chi connectivity index (χ0) is 20.6. The second-order valence-corrected chi connectivity index (χ2v) is 7.73. The van der Waals surface area contributed by atoms with Gasteiger partial charge in [-0.1, -0.05) is 69.2 Å². The minimum Gasteiger partial charge on any atom is -0.397 e. The highest BCUT2D eigenvalue weighted by Crippen LogP contribution is 2.31. The summed E-state index contributed by atoms with van der Waals surface area (Å²) in [5, 5.41) is 12.2. The molecule has 4 heteroatoms. The number of hydrogen-bond acceptors (Lipinski definition) is 4. The van der Waals surface area contributed by atoms with Crippen molar-refractivity contribution in [2.24, 2.45) is 0 Å². The van der Waals surface area contributed by atoms with E-state index in [4.69, 9.17) is 10.7 Å². The van der Waals surface area contributed by atoms with Gasteiger partial charge in [-0.3, -0.25) is 0 Å². The lowest BCUT2D eigenvalue weighted by Crippen LogP contribution is -2.31. The van der Waals surface area contributed by atoms with Gasteiger partial charge in [-0.25, -0.2) is 4.98 Å². The molecule has 0 aliphatic carbocycles. The highest BCUT2D eigenvalue weighted by molar-refractivity contribution is 5.93. The van der Waals surface area contributed by atoms with E-state index >= 15 is 0 Å². The van der Waals surface area contributed by atoms with Gasteiger partial charge in [0.2, 0.25) is 0 Å². The van der Waals surface area contributed by atoms with Crippen molar-refractivity contribution < 1.29 is 5.11 Å². The second-order valence-electron chi connectivity index (χ2n) is 7.73. The molecule has 0 aliphatic rings. The molecular formula is C25H33N3O. The molecule has 3 N–H and O–H groups in total. The Morgan fingerprint density at radius 1 is 0.966 bits per heavy atom. The zero-order valence-corrected chi connectivity index (χ0v) is 17.6. The summed E-state index contributed by atoms with van der Waals surface area (Å²) in [6.07, 6.45) is 4.03. The Bertz CT molecular complexity index is 903. The first kappa shape index (κ1) is 21.3. The third-order valence-electron chi connectivity index (χ3n) is 5.42. The molecular weight excluding hydrogens is 358 g/mol. The van der Waals surface area contributed by atoms with Crippen molar-refractivity contribution in [2.45, 2.75) is 45.6 Å².